The number of hydrogen-bond donors (Lipinski definition) is 1. The van der Waals surface area contributed by atoms with Crippen LogP contribution >= 0.6 is 0 Å². The van der Waals surface area contributed by atoms with Crippen LogP contribution in [0, 0.1) is 0 Å². The molecule has 0 saturated heterocycles. The zero-order chi connectivity index (χ0) is 9.15. The van der Waals surface area contributed by atoms with Crippen LogP contribution in [0.3, 0.4) is 0 Å². The third-order valence-electron chi connectivity index (χ3n) is 1.72. The molecule has 1 unspecified atom stereocenters. The number of nitrogens with zero attached hydrogens (tertiary/aromatic N) is 1. The van der Waals surface area contributed by atoms with Gasteiger partial charge in [0.25, 0.3) is 5.85 Å². The number of hydrogen-bond acceptors (Lipinski definition) is 3. The lowest BCUT2D eigenvalue weighted by Gasteiger charge is -2.19. The summed E-state index contributed by atoms with van der Waals surface area (Å²) in [6.45, 7) is 0. The van der Waals surface area contributed by atoms with E-state index in [1.807, 2.05) is 30.3 Å². The van der Waals surface area contributed by atoms with Crippen molar-refractivity contribution in [1.82, 2.24) is 0 Å². The van der Waals surface area contributed by atoms with Crippen LogP contribution in [0.5, 0.6) is 5.75 Å². The van der Waals surface area contributed by atoms with Crippen LogP contribution in [0.4, 0.5) is 0 Å². The Balaban J connectivity index is 2.15. The van der Waals surface area contributed by atoms with Gasteiger partial charge < -0.3 is 4.74 Å². The fourth-order valence-electron chi connectivity index (χ4n) is 1.12. The van der Waals surface area contributed by atoms with E-state index in [-0.39, 0.29) is 0 Å². The van der Waals surface area contributed by atoms with E-state index in [0.29, 0.717) is 5.75 Å². The summed E-state index contributed by atoms with van der Waals surface area (Å²) in [6.07, 6.45) is 5.10. The number of nitrogens with two attached hydrogens (primary N) is 1. The van der Waals surface area contributed by atoms with Gasteiger partial charge in [0.1, 0.15) is 5.75 Å². The summed E-state index contributed by atoms with van der Waals surface area (Å²) in [5.74, 6) is -0.296. The summed E-state index contributed by atoms with van der Waals surface area (Å²) in [4.78, 5) is 3.98. The van der Waals surface area contributed by atoms with Crippen molar-refractivity contribution in [3.05, 3.63) is 42.5 Å². The van der Waals surface area contributed by atoms with Crippen LogP contribution in [0.15, 0.2) is 47.5 Å². The third kappa shape index (κ3) is 1.76. The molecule has 2 N–H and O–H groups in total. The van der Waals surface area contributed by atoms with Crippen molar-refractivity contribution in [3.8, 4) is 5.75 Å². The van der Waals surface area contributed by atoms with Crippen LogP contribution in [0.25, 0.3) is 0 Å². The molecule has 0 amide bonds. The first-order chi connectivity index (χ1) is 6.29. The molecular weight excluding hydrogens is 164 g/mol. The van der Waals surface area contributed by atoms with Crippen molar-refractivity contribution in [2.24, 2.45) is 10.7 Å². The molecule has 1 heterocycles. The third-order valence-corrected chi connectivity index (χ3v) is 1.72. The first-order valence-corrected chi connectivity index (χ1v) is 4.04. The predicted octanol–water partition coefficient (Wildman–Crippen LogP) is 1.32. The molecule has 2 rings (SSSR count). The molecule has 1 atom stereocenters. The first-order valence-electron chi connectivity index (χ1n) is 4.04. The first kappa shape index (κ1) is 8.01. The van der Waals surface area contributed by atoms with Crippen molar-refractivity contribution in [2.75, 3.05) is 0 Å². The molecule has 0 bridgehead atoms. The molecule has 3 nitrogen and oxygen atoms in total. The summed E-state index contributed by atoms with van der Waals surface area (Å²) >= 11 is 0. The van der Waals surface area contributed by atoms with E-state index in [9.17, 15) is 0 Å². The molecule has 0 aliphatic carbocycles. The molecule has 1 aromatic carbocycles. The van der Waals surface area contributed by atoms with Gasteiger partial charge >= 0.3 is 0 Å². The summed E-state index contributed by atoms with van der Waals surface area (Å²) in [6, 6.07) is 9.39. The Kier molecular flexibility index (Phi) is 1.87. The Morgan fingerprint density at radius 1 is 1.23 bits per heavy atom. The molecule has 0 aromatic heterocycles. The highest BCUT2D eigenvalue weighted by atomic mass is 16.5. The minimum atomic E-state index is -1.01. The zero-order valence-electron chi connectivity index (χ0n) is 7.05. The molecule has 0 spiro atoms. The van der Waals surface area contributed by atoms with E-state index < -0.39 is 5.85 Å². The molecule has 1 aromatic rings. The van der Waals surface area contributed by atoms with E-state index in [1.165, 1.54) is 0 Å². The monoisotopic (exact) mass is 174 g/mol. The number of benzene rings is 1. The van der Waals surface area contributed by atoms with Crippen molar-refractivity contribution >= 4 is 6.21 Å². The highest BCUT2D eigenvalue weighted by Crippen LogP contribution is 2.18. The number of ether oxygens (including phenoxy) is 1. The number of allylic oxidation sites excluding steroid dienone is 1. The van der Waals surface area contributed by atoms with Gasteiger partial charge in [-0.1, -0.05) is 18.2 Å². The van der Waals surface area contributed by atoms with Gasteiger partial charge in [-0.15, -0.1) is 0 Å². The van der Waals surface area contributed by atoms with E-state index in [0.717, 1.165) is 0 Å². The van der Waals surface area contributed by atoms with Gasteiger partial charge in [0.05, 0.1) is 0 Å². The highest BCUT2D eigenvalue weighted by Gasteiger charge is 2.23. The normalized spacial score (nSPS) is 25.0. The Bertz CT molecular complexity index is 331. The van der Waals surface area contributed by atoms with Crippen LogP contribution in [0.2, 0.25) is 0 Å². The maximum Gasteiger partial charge on any atom is 0.276 e. The lowest BCUT2D eigenvalue weighted by Crippen LogP contribution is -2.40. The van der Waals surface area contributed by atoms with Crippen LogP contribution in [-0.2, 0) is 0 Å². The van der Waals surface area contributed by atoms with Gasteiger partial charge in [-0.25, -0.2) is 4.99 Å². The minimum absolute atomic E-state index is 0.716. The molecule has 0 saturated carbocycles. The number of aliphatic imine (C=N–C) groups is 1. The van der Waals surface area contributed by atoms with Crippen LogP contribution in [-0.4, -0.2) is 12.1 Å². The summed E-state index contributed by atoms with van der Waals surface area (Å²) in [5.41, 5.74) is 5.78. The van der Waals surface area contributed by atoms with E-state index in [4.69, 9.17) is 10.5 Å². The lowest BCUT2D eigenvalue weighted by molar-refractivity contribution is 0.141. The molecule has 1 aliphatic rings. The van der Waals surface area contributed by atoms with Gasteiger partial charge in [-0.3, -0.25) is 5.73 Å². The second-order valence-electron chi connectivity index (χ2n) is 2.80. The molecule has 1 aliphatic heterocycles. The maximum atomic E-state index is 5.78. The molecule has 13 heavy (non-hydrogen) atoms. The van der Waals surface area contributed by atoms with E-state index >= 15 is 0 Å². The predicted molar refractivity (Wildman–Crippen MR) is 51.6 cm³/mol. The summed E-state index contributed by atoms with van der Waals surface area (Å²) in [7, 11) is 0. The van der Waals surface area contributed by atoms with Gasteiger partial charge in [0, 0.05) is 6.21 Å². The second-order valence-corrected chi connectivity index (χ2v) is 2.80. The van der Waals surface area contributed by atoms with Crippen molar-refractivity contribution in [3.63, 3.8) is 0 Å². The average molecular weight is 174 g/mol. The van der Waals surface area contributed by atoms with Gasteiger partial charge in [0.2, 0.25) is 0 Å². The largest absolute Gasteiger partial charge is 0.450 e. The molecule has 3 heteroatoms. The highest BCUT2D eigenvalue weighted by molar-refractivity contribution is 5.74. The Morgan fingerprint density at radius 2 is 2.00 bits per heavy atom. The number of para-hydroxylation sites is 1. The van der Waals surface area contributed by atoms with Crippen molar-refractivity contribution in [1.29, 1.82) is 0 Å². The van der Waals surface area contributed by atoms with Crippen molar-refractivity contribution in [2.45, 2.75) is 5.85 Å². The van der Waals surface area contributed by atoms with Gasteiger partial charge in [-0.05, 0) is 24.3 Å². The quantitative estimate of drug-likeness (QED) is 0.687. The zero-order valence-corrected chi connectivity index (χ0v) is 7.05. The Hall–Kier alpha value is -1.61. The fraction of sp³-hybridized carbons (Fsp3) is 0.100. The second kappa shape index (κ2) is 3.03. The summed E-state index contributed by atoms with van der Waals surface area (Å²) in [5, 5.41) is 0. The minimum Gasteiger partial charge on any atom is -0.450 e. The average Bonchev–Trinajstić information content (AvgIpc) is 2.54. The molecule has 0 radical (unpaired) electrons. The molecule has 66 valence electrons. The van der Waals surface area contributed by atoms with Crippen LogP contribution < -0.4 is 10.5 Å². The lowest BCUT2D eigenvalue weighted by atomic mass is 10.3. The maximum absolute atomic E-state index is 5.78. The smallest absolute Gasteiger partial charge is 0.276 e. The standard InChI is InChI=1S/C10H10N2O/c11-10(7-4-8-12-10)13-9-5-2-1-3-6-9/h1-8H,11H2. The SMILES string of the molecule is NC1(Oc2ccccc2)C=CC=N1. The number of rotatable bonds is 2. The molecule has 0 fully saturated rings. The van der Waals surface area contributed by atoms with Crippen LogP contribution in [0.1, 0.15) is 0 Å². The molecular formula is C10H10N2O. The van der Waals surface area contributed by atoms with E-state index in [1.54, 1.807) is 18.4 Å². The van der Waals surface area contributed by atoms with Crippen molar-refractivity contribution < 1.29 is 4.74 Å². The topological polar surface area (TPSA) is 47.6 Å². The summed E-state index contributed by atoms with van der Waals surface area (Å²) < 4.78 is 5.46. The van der Waals surface area contributed by atoms with Gasteiger partial charge in [0.15, 0.2) is 0 Å². The van der Waals surface area contributed by atoms with E-state index in [2.05, 4.69) is 4.99 Å². The Morgan fingerprint density at radius 3 is 2.62 bits per heavy atom. The Labute approximate surface area is 76.5 Å². The fourth-order valence-corrected chi connectivity index (χ4v) is 1.12. The van der Waals surface area contributed by atoms with Gasteiger partial charge in [-0.2, -0.15) is 0 Å².